The molecule has 0 bridgehead atoms. The molecular weight excluding hydrogens is 239 g/mol. The maximum atomic E-state index is 13.3. The second kappa shape index (κ2) is 6.34. The van der Waals surface area contributed by atoms with E-state index >= 15 is 0 Å². The molecule has 2 aromatic carbocycles. The molecule has 0 saturated carbocycles. The Morgan fingerprint density at radius 2 is 1.79 bits per heavy atom. The lowest BCUT2D eigenvalue weighted by molar-refractivity contribution is 0.626. The van der Waals surface area contributed by atoms with Crippen molar-refractivity contribution in [1.29, 1.82) is 0 Å². The first-order valence-corrected chi connectivity index (χ1v) is 6.51. The van der Waals surface area contributed by atoms with Crippen molar-refractivity contribution in [2.75, 3.05) is 11.4 Å². The summed E-state index contributed by atoms with van der Waals surface area (Å²) in [5.41, 5.74) is 8.86. The quantitative estimate of drug-likeness (QED) is 0.891. The summed E-state index contributed by atoms with van der Waals surface area (Å²) in [4.78, 5) is 2.14. The van der Waals surface area contributed by atoms with Crippen LogP contribution in [0.15, 0.2) is 48.5 Å². The van der Waals surface area contributed by atoms with Crippen LogP contribution in [0.1, 0.15) is 18.1 Å². The van der Waals surface area contributed by atoms with Crippen LogP contribution in [-0.2, 0) is 13.1 Å². The van der Waals surface area contributed by atoms with Gasteiger partial charge in [0.2, 0.25) is 0 Å². The highest BCUT2D eigenvalue weighted by Crippen LogP contribution is 2.18. The summed E-state index contributed by atoms with van der Waals surface area (Å²) >= 11 is 0. The molecule has 2 aromatic rings. The molecule has 0 heterocycles. The van der Waals surface area contributed by atoms with Crippen molar-refractivity contribution in [1.82, 2.24) is 0 Å². The topological polar surface area (TPSA) is 29.3 Å². The minimum atomic E-state index is -0.202. The molecule has 100 valence electrons. The Balaban J connectivity index is 2.18. The van der Waals surface area contributed by atoms with E-state index in [2.05, 4.69) is 24.0 Å². The van der Waals surface area contributed by atoms with Gasteiger partial charge < -0.3 is 10.6 Å². The summed E-state index contributed by atoms with van der Waals surface area (Å²) in [6.45, 7) is 4.20. The first-order valence-electron chi connectivity index (χ1n) is 6.51. The largest absolute Gasteiger partial charge is 0.367 e. The second-order valence-corrected chi connectivity index (χ2v) is 4.52. The molecule has 2 N–H and O–H groups in total. The molecule has 0 unspecified atom stereocenters. The first-order chi connectivity index (χ1) is 9.22. The lowest BCUT2D eigenvalue weighted by atomic mass is 10.1. The molecule has 0 radical (unpaired) electrons. The minimum Gasteiger partial charge on any atom is -0.367 e. The molecule has 2 nitrogen and oxygen atoms in total. The zero-order chi connectivity index (χ0) is 13.7. The van der Waals surface area contributed by atoms with Crippen LogP contribution in [0.4, 0.5) is 10.1 Å². The number of hydrogen-bond acceptors (Lipinski definition) is 2. The summed E-state index contributed by atoms with van der Waals surface area (Å²) in [5.74, 6) is -0.202. The number of hydrogen-bond donors (Lipinski definition) is 1. The maximum Gasteiger partial charge on any atom is 0.125 e. The maximum absolute atomic E-state index is 13.3. The van der Waals surface area contributed by atoms with Crippen LogP contribution < -0.4 is 10.6 Å². The van der Waals surface area contributed by atoms with Crippen LogP contribution >= 0.6 is 0 Å². The fourth-order valence-corrected chi connectivity index (χ4v) is 2.13. The van der Waals surface area contributed by atoms with Crippen LogP contribution in [0.2, 0.25) is 0 Å². The molecule has 0 aliphatic rings. The molecular formula is C16H19FN2. The van der Waals surface area contributed by atoms with Gasteiger partial charge in [0.25, 0.3) is 0 Å². The fraction of sp³-hybridized carbons (Fsp3) is 0.250. The van der Waals surface area contributed by atoms with E-state index in [0.29, 0.717) is 6.54 Å². The lowest BCUT2D eigenvalue weighted by Crippen LogP contribution is -2.22. The summed E-state index contributed by atoms with van der Waals surface area (Å²) in [6, 6.07) is 14.9. The van der Waals surface area contributed by atoms with Crippen LogP contribution in [0.25, 0.3) is 0 Å². The molecule has 0 aliphatic heterocycles. The summed E-state index contributed by atoms with van der Waals surface area (Å²) in [6.07, 6.45) is 0. The van der Waals surface area contributed by atoms with Gasteiger partial charge >= 0.3 is 0 Å². The van der Waals surface area contributed by atoms with Crippen molar-refractivity contribution in [2.24, 2.45) is 5.73 Å². The van der Waals surface area contributed by atoms with E-state index in [-0.39, 0.29) is 5.82 Å². The van der Waals surface area contributed by atoms with E-state index < -0.39 is 0 Å². The SMILES string of the molecule is CCN(Cc1cccc(CN)c1)c1cccc(F)c1. The van der Waals surface area contributed by atoms with Gasteiger partial charge in [0.15, 0.2) is 0 Å². The zero-order valence-corrected chi connectivity index (χ0v) is 11.1. The fourth-order valence-electron chi connectivity index (χ4n) is 2.13. The Bertz CT molecular complexity index is 540. The highest BCUT2D eigenvalue weighted by Gasteiger charge is 2.06. The number of benzene rings is 2. The van der Waals surface area contributed by atoms with Crippen LogP contribution in [0.5, 0.6) is 0 Å². The van der Waals surface area contributed by atoms with Crippen molar-refractivity contribution < 1.29 is 4.39 Å². The molecule has 0 amide bonds. The van der Waals surface area contributed by atoms with E-state index in [1.54, 1.807) is 12.1 Å². The summed E-state index contributed by atoms with van der Waals surface area (Å²) in [5, 5.41) is 0. The predicted molar refractivity (Wildman–Crippen MR) is 77.5 cm³/mol. The van der Waals surface area contributed by atoms with Crippen molar-refractivity contribution >= 4 is 5.69 Å². The van der Waals surface area contributed by atoms with Gasteiger partial charge in [0, 0.05) is 25.3 Å². The Hall–Kier alpha value is -1.87. The Labute approximate surface area is 113 Å². The average Bonchev–Trinajstić information content (AvgIpc) is 2.45. The second-order valence-electron chi connectivity index (χ2n) is 4.52. The normalized spacial score (nSPS) is 10.5. The van der Waals surface area contributed by atoms with Gasteiger partial charge in [-0.15, -0.1) is 0 Å². The molecule has 3 heteroatoms. The molecule has 0 spiro atoms. The van der Waals surface area contributed by atoms with E-state index in [9.17, 15) is 4.39 Å². The highest BCUT2D eigenvalue weighted by molar-refractivity contribution is 5.47. The van der Waals surface area contributed by atoms with Gasteiger partial charge in [-0.1, -0.05) is 30.3 Å². The molecule has 2 rings (SSSR count). The number of nitrogens with zero attached hydrogens (tertiary/aromatic N) is 1. The van der Waals surface area contributed by atoms with Crippen molar-refractivity contribution in [3.8, 4) is 0 Å². The third kappa shape index (κ3) is 3.55. The van der Waals surface area contributed by atoms with Crippen LogP contribution in [-0.4, -0.2) is 6.54 Å². The summed E-state index contributed by atoms with van der Waals surface area (Å²) < 4.78 is 13.3. The standard InChI is InChI=1S/C16H19FN2/c1-2-19(16-8-4-7-15(17)10-16)12-14-6-3-5-13(9-14)11-18/h3-10H,2,11-12,18H2,1H3. The number of anilines is 1. The molecule has 19 heavy (non-hydrogen) atoms. The Morgan fingerprint density at radius 1 is 1.05 bits per heavy atom. The number of halogens is 1. The van der Waals surface area contributed by atoms with Gasteiger partial charge in [-0.05, 0) is 36.2 Å². The van der Waals surface area contributed by atoms with Crippen LogP contribution in [0.3, 0.4) is 0 Å². The van der Waals surface area contributed by atoms with Crippen LogP contribution in [0, 0.1) is 5.82 Å². The smallest absolute Gasteiger partial charge is 0.125 e. The average molecular weight is 258 g/mol. The third-order valence-electron chi connectivity index (χ3n) is 3.16. The number of rotatable bonds is 5. The molecule has 0 aromatic heterocycles. The molecule has 0 aliphatic carbocycles. The first kappa shape index (κ1) is 13.6. The zero-order valence-electron chi connectivity index (χ0n) is 11.1. The predicted octanol–water partition coefficient (Wildman–Crippen LogP) is 3.31. The monoisotopic (exact) mass is 258 g/mol. The van der Waals surface area contributed by atoms with E-state index in [1.807, 2.05) is 18.2 Å². The lowest BCUT2D eigenvalue weighted by Gasteiger charge is -2.23. The number of nitrogens with two attached hydrogens (primary N) is 1. The molecule has 0 saturated heterocycles. The van der Waals surface area contributed by atoms with Gasteiger partial charge in [-0.3, -0.25) is 0 Å². The van der Waals surface area contributed by atoms with E-state index in [4.69, 9.17) is 5.73 Å². The third-order valence-corrected chi connectivity index (χ3v) is 3.16. The van der Waals surface area contributed by atoms with Gasteiger partial charge in [-0.2, -0.15) is 0 Å². The van der Waals surface area contributed by atoms with Gasteiger partial charge in [0.05, 0.1) is 0 Å². The van der Waals surface area contributed by atoms with Crippen molar-refractivity contribution in [3.63, 3.8) is 0 Å². The molecule has 0 atom stereocenters. The van der Waals surface area contributed by atoms with Crippen molar-refractivity contribution in [3.05, 3.63) is 65.5 Å². The molecule has 0 fully saturated rings. The van der Waals surface area contributed by atoms with Crippen molar-refractivity contribution in [2.45, 2.75) is 20.0 Å². The highest BCUT2D eigenvalue weighted by atomic mass is 19.1. The minimum absolute atomic E-state index is 0.202. The van der Waals surface area contributed by atoms with Gasteiger partial charge in [0.1, 0.15) is 5.82 Å². The summed E-state index contributed by atoms with van der Waals surface area (Å²) in [7, 11) is 0. The van der Waals surface area contributed by atoms with E-state index in [0.717, 1.165) is 24.3 Å². The Kier molecular flexibility index (Phi) is 4.53. The van der Waals surface area contributed by atoms with Gasteiger partial charge in [-0.25, -0.2) is 4.39 Å². The van der Waals surface area contributed by atoms with E-state index in [1.165, 1.54) is 11.6 Å². The Morgan fingerprint density at radius 3 is 2.47 bits per heavy atom.